The molecule has 1 saturated heterocycles. The van der Waals surface area contributed by atoms with Crippen molar-refractivity contribution >= 4 is 17.4 Å². The number of hydrogen-bond acceptors (Lipinski definition) is 4. The minimum Gasteiger partial charge on any atom is -0.384 e. The van der Waals surface area contributed by atoms with E-state index >= 15 is 0 Å². The molecule has 0 spiro atoms. The number of nitrogens with one attached hydrogen (secondary N) is 1. The van der Waals surface area contributed by atoms with Gasteiger partial charge in [-0.05, 0) is 49.7 Å². The van der Waals surface area contributed by atoms with E-state index in [1.807, 2.05) is 18.2 Å². The molecule has 0 radical (unpaired) electrons. The molecule has 1 N–H and O–H groups in total. The number of benzene rings is 1. The Labute approximate surface area is 132 Å². The molecule has 114 valence electrons. The maximum absolute atomic E-state index is 9.41. The van der Waals surface area contributed by atoms with Crippen LogP contribution in [-0.4, -0.2) is 36.8 Å². The topological polar surface area (TPSA) is 39.1 Å². The average molecular weight is 303 g/mol. The number of thioether (sulfide) groups is 1. The van der Waals surface area contributed by atoms with Crippen molar-refractivity contribution in [1.29, 1.82) is 5.26 Å². The maximum Gasteiger partial charge on any atom is 0.102 e. The largest absolute Gasteiger partial charge is 0.384 e. The second-order valence-corrected chi connectivity index (χ2v) is 7.02. The van der Waals surface area contributed by atoms with Gasteiger partial charge in [0.15, 0.2) is 0 Å². The highest BCUT2D eigenvalue weighted by atomic mass is 32.2. The summed E-state index contributed by atoms with van der Waals surface area (Å²) in [7, 11) is 0. The zero-order chi connectivity index (χ0) is 15.1. The minimum atomic E-state index is 0.595. The van der Waals surface area contributed by atoms with Gasteiger partial charge in [-0.25, -0.2) is 0 Å². The number of rotatable bonds is 7. The van der Waals surface area contributed by atoms with Crippen LogP contribution in [0.2, 0.25) is 0 Å². The summed E-state index contributed by atoms with van der Waals surface area (Å²) in [6, 6.07) is 8.43. The van der Waals surface area contributed by atoms with Gasteiger partial charge >= 0.3 is 0 Å². The number of nitrogens with zero attached hydrogens (tertiary/aromatic N) is 2. The number of nitriles is 1. The summed E-state index contributed by atoms with van der Waals surface area (Å²) in [5.41, 5.74) is 1.77. The van der Waals surface area contributed by atoms with Crippen LogP contribution in [0.5, 0.6) is 0 Å². The number of likely N-dealkylation sites (tertiary alicyclic amines) is 1. The first kappa shape index (κ1) is 16.2. The Bertz CT molecular complexity index is 489. The van der Waals surface area contributed by atoms with Gasteiger partial charge in [-0.1, -0.05) is 19.9 Å². The Morgan fingerprint density at radius 1 is 1.38 bits per heavy atom. The monoisotopic (exact) mass is 303 g/mol. The average Bonchev–Trinajstić information content (AvgIpc) is 2.98. The van der Waals surface area contributed by atoms with E-state index in [2.05, 4.69) is 30.1 Å². The molecule has 1 heterocycles. The van der Waals surface area contributed by atoms with Crippen molar-refractivity contribution in [2.24, 2.45) is 5.92 Å². The Balaban J connectivity index is 1.92. The van der Waals surface area contributed by atoms with Crippen LogP contribution < -0.4 is 5.32 Å². The van der Waals surface area contributed by atoms with Crippen molar-refractivity contribution in [3.63, 3.8) is 0 Å². The van der Waals surface area contributed by atoms with Gasteiger partial charge in [0, 0.05) is 18.0 Å². The smallest absolute Gasteiger partial charge is 0.102 e. The van der Waals surface area contributed by atoms with Crippen LogP contribution in [0.4, 0.5) is 5.69 Å². The number of anilines is 1. The quantitative estimate of drug-likeness (QED) is 0.777. The van der Waals surface area contributed by atoms with Gasteiger partial charge in [0.05, 0.1) is 11.3 Å². The molecule has 1 atom stereocenters. The van der Waals surface area contributed by atoms with Crippen LogP contribution in [0, 0.1) is 17.2 Å². The molecule has 1 unspecified atom stereocenters. The molecule has 1 aromatic rings. The molecule has 1 fully saturated rings. The molecule has 0 bridgehead atoms. The molecule has 1 aromatic carbocycles. The lowest BCUT2D eigenvalue weighted by Gasteiger charge is -2.21. The van der Waals surface area contributed by atoms with Crippen molar-refractivity contribution in [3.8, 4) is 6.07 Å². The first-order valence-electron chi connectivity index (χ1n) is 7.86. The van der Waals surface area contributed by atoms with Gasteiger partial charge in [-0.2, -0.15) is 5.26 Å². The van der Waals surface area contributed by atoms with E-state index in [4.69, 9.17) is 0 Å². The fourth-order valence-electron chi connectivity index (χ4n) is 2.82. The molecular formula is C17H25N3S. The molecule has 21 heavy (non-hydrogen) atoms. The SMILES string of the molecule is CCSc1cccc(NCC(C)CN2CCCC2)c1C#N. The Kier molecular flexibility index (Phi) is 6.41. The van der Waals surface area contributed by atoms with E-state index in [1.165, 1.54) is 25.9 Å². The van der Waals surface area contributed by atoms with Crippen molar-refractivity contribution in [2.75, 3.05) is 37.2 Å². The molecule has 0 aliphatic carbocycles. The lowest BCUT2D eigenvalue weighted by atomic mass is 10.1. The fraction of sp³-hybridized carbons (Fsp3) is 0.588. The van der Waals surface area contributed by atoms with Crippen LogP contribution in [0.15, 0.2) is 23.1 Å². The molecule has 1 aliphatic rings. The molecule has 1 aliphatic heterocycles. The first-order chi connectivity index (χ1) is 10.2. The molecule has 0 saturated carbocycles. The van der Waals surface area contributed by atoms with Gasteiger partial charge in [0.2, 0.25) is 0 Å². The summed E-state index contributed by atoms with van der Waals surface area (Å²) >= 11 is 1.73. The van der Waals surface area contributed by atoms with Crippen LogP contribution in [0.1, 0.15) is 32.3 Å². The zero-order valence-electron chi connectivity index (χ0n) is 13.1. The van der Waals surface area contributed by atoms with Gasteiger partial charge in [0.25, 0.3) is 0 Å². The molecule has 0 aromatic heterocycles. The summed E-state index contributed by atoms with van der Waals surface area (Å²) in [5, 5.41) is 12.9. The second kappa shape index (κ2) is 8.31. The van der Waals surface area contributed by atoms with Crippen LogP contribution in [0.25, 0.3) is 0 Å². The third-order valence-corrected chi connectivity index (χ3v) is 4.79. The van der Waals surface area contributed by atoms with Crippen molar-refractivity contribution < 1.29 is 0 Å². The first-order valence-corrected chi connectivity index (χ1v) is 8.85. The van der Waals surface area contributed by atoms with Gasteiger partial charge in [-0.15, -0.1) is 11.8 Å². The maximum atomic E-state index is 9.41. The lowest BCUT2D eigenvalue weighted by Crippen LogP contribution is -2.29. The predicted octanol–water partition coefficient (Wildman–Crippen LogP) is 3.81. The molecule has 3 nitrogen and oxygen atoms in total. The third kappa shape index (κ3) is 4.66. The lowest BCUT2D eigenvalue weighted by molar-refractivity contribution is 0.294. The van der Waals surface area contributed by atoms with E-state index in [0.717, 1.165) is 35.0 Å². The van der Waals surface area contributed by atoms with Crippen LogP contribution >= 0.6 is 11.8 Å². The standard InChI is InChI=1S/C17H25N3S/c1-3-21-17-8-6-7-16(15(17)11-18)19-12-14(2)13-20-9-4-5-10-20/h6-8,14,19H,3-5,9-10,12-13H2,1-2H3. The summed E-state index contributed by atoms with van der Waals surface area (Å²) in [4.78, 5) is 3.62. The Morgan fingerprint density at radius 3 is 2.81 bits per heavy atom. The van der Waals surface area contributed by atoms with Crippen molar-refractivity contribution in [3.05, 3.63) is 23.8 Å². The van der Waals surface area contributed by atoms with Crippen molar-refractivity contribution in [1.82, 2.24) is 4.90 Å². The second-order valence-electron chi connectivity index (χ2n) is 5.72. The van der Waals surface area contributed by atoms with E-state index in [0.29, 0.717) is 5.92 Å². The van der Waals surface area contributed by atoms with Gasteiger partial charge < -0.3 is 10.2 Å². The highest BCUT2D eigenvalue weighted by molar-refractivity contribution is 7.99. The highest BCUT2D eigenvalue weighted by Gasteiger charge is 2.15. The van der Waals surface area contributed by atoms with E-state index in [9.17, 15) is 5.26 Å². The summed E-state index contributed by atoms with van der Waals surface area (Å²) in [6.45, 7) is 8.96. The normalized spacial score (nSPS) is 16.6. The predicted molar refractivity (Wildman–Crippen MR) is 90.9 cm³/mol. The van der Waals surface area contributed by atoms with Crippen LogP contribution in [-0.2, 0) is 0 Å². The van der Waals surface area contributed by atoms with E-state index < -0.39 is 0 Å². The number of hydrogen-bond donors (Lipinski definition) is 1. The fourth-order valence-corrected chi connectivity index (χ4v) is 3.61. The highest BCUT2D eigenvalue weighted by Crippen LogP contribution is 2.28. The molecule has 4 heteroatoms. The van der Waals surface area contributed by atoms with Crippen molar-refractivity contribution in [2.45, 2.75) is 31.6 Å². The summed E-state index contributed by atoms with van der Waals surface area (Å²) in [6.07, 6.45) is 2.68. The molecule has 2 rings (SSSR count). The van der Waals surface area contributed by atoms with Crippen LogP contribution in [0.3, 0.4) is 0 Å². The molecular weight excluding hydrogens is 278 g/mol. The Hall–Kier alpha value is -1.18. The van der Waals surface area contributed by atoms with Gasteiger partial charge in [0.1, 0.15) is 6.07 Å². The zero-order valence-corrected chi connectivity index (χ0v) is 13.9. The summed E-state index contributed by atoms with van der Waals surface area (Å²) in [5.74, 6) is 1.58. The van der Waals surface area contributed by atoms with E-state index in [-0.39, 0.29) is 0 Å². The summed E-state index contributed by atoms with van der Waals surface area (Å²) < 4.78 is 0. The van der Waals surface area contributed by atoms with E-state index in [1.54, 1.807) is 11.8 Å². The van der Waals surface area contributed by atoms with Gasteiger partial charge in [-0.3, -0.25) is 0 Å². The third-order valence-electron chi connectivity index (χ3n) is 3.85. The minimum absolute atomic E-state index is 0.595. The Morgan fingerprint density at radius 2 is 2.14 bits per heavy atom. The molecule has 0 amide bonds.